The molecule has 7 heteroatoms. The predicted octanol–water partition coefficient (Wildman–Crippen LogP) is 1.65. The number of ether oxygens (including phenoxy) is 3. The zero-order chi connectivity index (χ0) is 18.3. The first-order chi connectivity index (χ1) is 11.6. The third-order valence-corrected chi connectivity index (χ3v) is 5.95. The van der Waals surface area contributed by atoms with Crippen LogP contribution in [0, 0.1) is 5.41 Å². The Kier molecular flexibility index (Phi) is 4.81. The average Bonchev–Trinajstić information content (AvgIpc) is 3.18. The van der Waals surface area contributed by atoms with Gasteiger partial charge in [0.2, 0.25) is 0 Å². The third kappa shape index (κ3) is 3.52. The van der Waals surface area contributed by atoms with Gasteiger partial charge in [0.05, 0.1) is 25.4 Å². The fourth-order valence-electron chi connectivity index (χ4n) is 4.37. The van der Waals surface area contributed by atoms with Crippen molar-refractivity contribution in [1.82, 2.24) is 4.90 Å². The number of amides is 1. The van der Waals surface area contributed by atoms with Crippen LogP contribution in [0.15, 0.2) is 0 Å². The van der Waals surface area contributed by atoms with Crippen LogP contribution in [0.3, 0.4) is 0 Å². The van der Waals surface area contributed by atoms with Crippen LogP contribution in [-0.2, 0) is 14.2 Å². The highest BCUT2D eigenvalue weighted by Crippen LogP contribution is 2.51. The van der Waals surface area contributed by atoms with Crippen LogP contribution in [0.4, 0.5) is 4.79 Å². The quantitative estimate of drug-likeness (QED) is 0.781. The molecule has 1 aliphatic carbocycles. The van der Waals surface area contributed by atoms with Crippen molar-refractivity contribution in [3.8, 4) is 0 Å². The van der Waals surface area contributed by atoms with E-state index in [0.717, 1.165) is 0 Å². The summed E-state index contributed by atoms with van der Waals surface area (Å²) in [5, 5.41) is 21.5. The molecule has 1 unspecified atom stereocenters. The number of carbonyl (C=O) groups excluding carboxylic acids is 1. The van der Waals surface area contributed by atoms with Gasteiger partial charge in [-0.3, -0.25) is 0 Å². The Labute approximate surface area is 149 Å². The molecule has 1 amide bonds. The highest BCUT2D eigenvalue weighted by molar-refractivity contribution is 5.68. The molecule has 7 nitrogen and oxygen atoms in total. The van der Waals surface area contributed by atoms with Gasteiger partial charge in [-0.2, -0.15) is 0 Å². The second-order valence-corrected chi connectivity index (χ2v) is 8.73. The van der Waals surface area contributed by atoms with Gasteiger partial charge in [-0.25, -0.2) is 4.79 Å². The average molecular weight is 357 g/mol. The lowest BCUT2D eigenvalue weighted by atomic mass is 9.63. The molecule has 2 N–H and O–H groups in total. The Morgan fingerprint density at radius 1 is 1.12 bits per heavy atom. The molecule has 25 heavy (non-hydrogen) atoms. The standard InChI is InChI=1S/C18H31NO6/c1-15(2,3)25-14(21)19-9-8-16(12-19,13-20)17(22)4-6-18(7-5-17)23-10-11-24-18/h20,22H,4-13H2,1-3H3. The highest BCUT2D eigenvalue weighted by atomic mass is 16.7. The molecular formula is C18H31NO6. The fraction of sp³-hybridized carbons (Fsp3) is 0.944. The summed E-state index contributed by atoms with van der Waals surface area (Å²) in [4.78, 5) is 14.0. The van der Waals surface area contributed by atoms with E-state index < -0.39 is 22.4 Å². The lowest BCUT2D eigenvalue weighted by molar-refractivity contribution is -0.225. The van der Waals surface area contributed by atoms with Gasteiger partial charge in [-0.15, -0.1) is 0 Å². The molecule has 1 spiro atoms. The predicted molar refractivity (Wildman–Crippen MR) is 90.0 cm³/mol. The number of nitrogens with zero attached hydrogens (tertiary/aromatic N) is 1. The molecule has 3 fully saturated rings. The van der Waals surface area contributed by atoms with E-state index >= 15 is 0 Å². The monoisotopic (exact) mass is 357 g/mol. The van der Waals surface area contributed by atoms with Crippen LogP contribution in [0.5, 0.6) is 0 Å². The molecule has 2 heterocycles. The normalized spacial score (nSPS) is 31.5. The van der Waals surface area contributed by atoms with E-state index in [1.54, 1.807) is 4.90 Å². The third-order valence-electron chi connectivity index (χ3n) is 5.95. The number of likely N-dealkylation sites (tertiary alicyclic amines) is 1. The van der Waals surface area contributed by atoms with E-state index in [1.807, 2.05) is 20.8 Å². The highest BCUT2D eigenvalue weighted by Gasteiger charge is 2.58. The maximum absolute atomic E-state index is 12.4. The van der Waals surface area contributed by atoms with Gasteiger partial charge in [0.25, 0.3) is 0 Å². The smallest absolute Gasteiger partial charge is 0.410 e. The summed E-state index contributed by atoms with van der Waals surface area (Å²) >= 11 is 0. The van der Waals surface area contributed by atoms with Crippen LogP contribution in [0.2, 0.25) is 0 Å². The van der Waals surface area contributed by atoms with Crippen molar-refractivity contribution in [1.29, 1.82) is 0 Å². The summed E-state index contributed by atoms with van der Waals surface area (Å²) in [7, 11) is 0. The van der Waals surface area contributed by atoms with Crippen LogP contribution >= 0.6 is 0 Å². The summed E-state index contributed by atoms with van der Waals surface area (Å²) < 4.78 is 16.9. The fourth-order valence-corrected chi connectivity index (χ4v) is 4.37. The molecule has 0 aromatic carbocycles. The molecule has 0 aromatic heterocycles. The molecule has 0 radical (unpaired) electrons. The molecule has 144 valence electrons. The first-order valence-corrected chi connectivity index (χ1v) is 9.22. The molecule has 1 saturated carbocycles. The number of aliphatic hydroxyl groups excluding tert-OH is 1. The summed E-state index contributed by atoms with van der Waals surface area (Å²) in [6.07, 6.45) is 2.38. The zero-order valence-corrected chi connectivity index (χ0v) is 15.5. The van der Waals surface area contributed by atoms with Crippen LogP contribution in [-0.4, -0.2) is 71.1 Å². The Morgan fingerprint density at radius 3 is 2.24 bits per heavy atom. The Hall–Kier alpha value is -0.890. The summed E-state index contributed by atoms with van der Waals surface area (Å²) in [6.45, 7) is 7.31. The van der Waals surface area contributed by atoms with Crippen LogP contribution in [0.1, 0.15) is 52.9 Å². The van der Waals surface area contributed by atoms with Crippen LogP contribution in [0.25, 0.3) is 0 Å². The number of carbonyl (C=O) groups is 1. The summed E-state index contributed by atoms with van der Waals surface area (Å²) in [6, 6.07) is 0. The van der Waals surface area contributed by atoms with E-state index in [0.29, 0.717) is 58.4 Å². The maximum Gasteiger partial charge on any atom is 0.410 e. The van der Waals surface area contributed by atoms with Gasteiger partial charge >= 0.3 is 6.09 Å². The molecule has 3 rings (SSSR count). The van der Waals surface area contributed by atoms with Crippen molar-refractivity contribution in [2.24, 2.45) is 5.41 Å². The largest absolute Gasteiger partial charge is 0.444 e. The first-order valence-electron chi connectivity index (χ1n) is 9.22. The van der Waals surface area contributed by atoms with E-state index in [4.69, 9.17) is 14.2 Å². The number of aliphatic hydroxyl groups is 2. The molecule has 2 aliphatic heterocycles. The lowest BCUT2D eigenvalue weighted by Crippen LogP contribution is -2.57. The lowest BCUT2D eigenvalue weighted by Gasteiger charge is -2.49. The van der Waals surface area contributed by atoms with E-state index in [-0.39, 0.29) is 12.7 Å². The summed E-state index contributed by atoms with van der Waals surface area (Å²) in [5.74, 6) is -0.563. The Bertz CT molecular complexity index is 500. The van der Waals surface area contributed by atoms with E-state index in [1.165, 1.54) is 0 Å². The molecule has 0 aromatic rings. The van der Waals surface area contributed by atoms with Crippen molar-refractivity contribution >= 4 is 6.09 Å². The van der Waals surface area contributed by atoms with Gasteiger partial charge in [0, 0.05) is 31.3 Å². The molecule has 2 saturated heterocycles. The van der Waals surface area contributed by atoms with Gasteiger partial charge in [0.1, 0.15) is 5.60 Å². The molecular weight excluding hydrogens is 326 g/mol. The maximum atomic E-state index is 12.4. The Balaban J connectivity index is 1.68. The minimum Gasteiger partial charge on any atom is -0.444 e. The molecule has 1 atom stereocenters. The van der Waals surface area contributed by atoms with Gasteiger partial charge < -0.3 is 29.3 Å². The second-order valence-electron chi connectivity index (χ2n) is 8.73. The minimum absolute atomic E-state index is 0.155. The topological polar surface area (TPSA) is 88.5 Å². The van der Waals surface area contributed by atoms with E-state index in [9.17, 15) is 15.0 Å². The van der Waals surface area contributed by atoms with E-state index in [2.05, 4.69) is 0 Å². The Morgan fingerprint density at radius 2 is 1.72 bits per heavy atom. The van der Waals surface area contributed by atoms with Gasteiger partial charge in [-0.05, 0) is 40.0 Å². The van der Waals surface area contributed by atoms with Crippen LogP contribution < -0.4 is 0 Å². The van der Waals surface area contributed by atoms with Gasteiger partial charge in [-0.1, -0.05) is 0 Å². The van der Waals surface area contributed by atoms with Crippen molar-refractivity contribution in [3.05, 3.63) is 0 Å². The van der Waals surface area contributed by atoms with Crippen molar-refractivity contribution < 1.29 is 29.2 Å². The minimum atomic E-state index is -1.03. The van der Waals surface area contributed by atoms with Crippen molar-refractivity contribution in [2.75, 3.05) is 32.9 Å². The summed E-state index contributed by atoms with van der Waals surface area (Å²) in [5.41, 5.74) is -2.31. The first kappa shape index (κ1) is 18.9. The second kappa shape index (κ2) is 6.37. The number of hydrogen-bond donors (Lipinski definition) is 2. The van der Waals surface area contributed by atoms with Crippen molar-refractivity contribution in [3.63, 3.8) is 0 Å². The van der Waals surface area contributed by atoms with Gasteiger partial charge in [0.15, 0.2) is 5.79 Å². The number of hydrogen-bond acceptors (Lipinski definition) is 6. The SMILES string of the molecule is CC(C)(C)OC(=O)N1CCC(CO)(C2(O)CCC3(CC2)OCCO3)C1. The molecule has 3 aliphatic rings. The molecule has 0 bridgehead atoms. The number of rotatable bonds is 2. The van der Waals surface area contributed by atoms with Crippen molar-refractivity contribution in [2.45, 2.75) is 69.9 Å². The zero-order valence-electron chi connectivity index (χ0n) is 15.5.